The van der Waals surface area contributed by atoms with Gasteiger partial charge in [-0.2, -0.15) is 0 Å². The van der Waals surface area contributed by atoms with Crippen molar-refractivity contribution < 1.29 is 19.4 Å². The summed E-state index contributed by atoms with van der Waals surface area (Å²) in [6.45, 7) is 1.90. The highest BCUT2D eigenvalue weighted by atomic mass is 16.5. The average molecular weight is 323 g/mol. The molecule has 0 amide bonds. The van der Waals surface area contributed by atoms with Crippen LogP contribution in [0.1, 0.15) is 16.8 Å². The maximum atomic E-state index is 12.5. The summed E-state index contributed by atoms with van der Waals surface area (Å²) in [6.07, 6.45) is -0.644. The summed E-state index contributed by atoms with van der Waals surface area (Å²) >= 11 is 0. The molecule has 1 N–H and O–H groups in total. The molecule has 0 saturated carbocycles. The topological polar surface area (TPSA) is 68.5 Å². The number of carboxylic acids is 1. The third-order valence-corrected chi connectivity index (χ3v) is 3.96. The van der Waals surface area contributed by atoms with Crippen LogP contribution in [0.25, 0.3) is 10.9 Å². The number of carbonyl (C=O) groups excluding carboxylic acids is 1. The van der Waals surface area contributed by atoms with Crippen molar-refractivity contribution in [2.75, 3.05) is 0 Å². The van der Waals surface area contributed by atoms with Crippen LogP contribution in [0.15, 0.2) is 54.6 Å². The summed E-state index contributed by atoms with van der Waals surface area (Å²) in [5, 5.41) is 9.88. The third-order valence-electron chi connectivity index (χ3n) is 3.96. The number of carboxylic acid groups (broad SMARTS) is 1. The van der Waals surface area contributed by atoms with Crippen molar-refractivity contribution in [1.29, 1.82) is 0 Å². The standard InChI is InChI=1S/C19H17NO4/c1-13-16(11-18(21)22)15-9-5-6-10-17(15)20(13)19(23)24-12-14-7-3-2-4-8-14/h2-10H,11-12H2,1H3,(H,21,22). The number of aliphatic carboxylic acids is 1. The van der Waals surface area contributed by atoms with Crippen molar-refractivity contribution in [1.82, 2.24) is 4.57 Å². The number of hydrogen-bond acceptors (Lipinski definition) is 3. The maximum Gasteiger partial charge on any atom is 0.419 e. The number of fused-ring (bicyclic) bond motifs is 1. The van der Waals surface area contributed by atoms with Gasteiger partial charge in [-0.1, -0.05) is 48.5 Å². The van der Waals surface area contributed by atoms with Gasteiger partial charge in [0.15, 0.2) is 0 Å². The zero-order chi connectivity index (χ0) is 17.1. The molecular weight excluding hydrogens is 306 g/mol. The predicted molar refractivity (Wildman–Crippen MR) is 90.0 cm³/mol. The summed E-state index contributed by atoms with van der Waals surface area (Å²) in [7, 11) is 0. The Labute approximate surface area is 139 Å². The molecule has 0 spiro atoms. The summed E-state index contributed by atoms with van der Waals surface area (Å²) in [6, 6.07) is 16.7. The van der Waals surface area contributed by atoms with E-state index in [2.05, 4.69) is 0 Å². The molecule has 0 atom stereocenters. The summed E-state index contributed by atoms with van der Waals surface area (Å²) in [4.78, 5) is 23.7. The van der Waals surface area contributed by atoms with Gasteiger partial charge in [-0.3, -0.25) is 4.79 Å². The predicted octanol–water partition coefficient (Wildman–Crippen LogP) is 3.76. The van der Waals surface area contributed by atoms with Crippen LogP contribution in [-0.4, -0.2) is 21.7 Å². The minimum atomic E-state index is -0.932. The first-order valence-electron chi connectivity index (χ1n) is 7.59. The lowest BCUT2D eigenvalue weighted by Crippen LogP contribution is -2.15. The van der Waals surface area contributed by atoms with Crippen LogP contribution in [0.4, 0.5) is 4.79 Å². The molecule has 0 bridgehead atoms. The lowest BCUT2D eigenvalue weighted by molar-refractivity contribution is -0.136. The molecule has 3 rings (SSSR count). The molecule has 2 aromatic carbocycles. The fourth-order valence-electron chi connectivity index (χ4n) is 2.83. The maximum absolute atomic E-state index is 12.5. The second kappa shape index (κ2) is 6.58. The lowest BCUT2D eigenvalue weighted by atomic mass is 10.1. The number of nitrogens with zero attached hydrogens (tertiary/aromatic N) is 1. The average Bonchev–Trinajstić information content (AvgIpc) is 2.86. The Morgan fingerprint density at radius 1 is 1.04 bits per heavy atom. The van der Waals surface area contributed by atoms with E-state index in [4.69, 9.17) is 9.84 Å². The normalized spacial score (nSPS) is 10.7. The molecule has 0 aliphatic heterocycles. The number of para-hydroxylation sites is 1. The quantitative estimate of drug-likeness (QED) is 0.793. The number of ether oxygens (including phenoxy) is 1. The van der Waals surface area contributed by atoms with Gasteiger partial charge in [-0.15, -0.1) is 0 Å². The second-order valence-electron chi connectivity index (χ2n) is 5.53. The van der Waals surface area contributed by atoms with E-state index in [0.29, 0.717) is 16.8 Å². The van der Waals surface area contributed by atoms with E-state index >= 15 is 0 Å². The lowest BCUT2D eigenvalue weighted by Gasteiger charge is -2.09. The molecule has 0 aliphatic rings. The van der Waals surface area contributed by atoms with Crippen molar-refractivity contribution in [2.45, 2.75) is 20.0 Å². The zero-order valence-corrected chi connectivity index (χ0v) is 13.2. The highest BCUT2D eigenvalue weighted by Crippen LogP contribution is 2.26. The van der Waals surface area contributed by atoms with Gasteiger partial charge in [-0.05, 0) is 24.1 Å². The molecular formula is C19H17NO4. The van der Waals surface area contributed by atoms with E-state index in [0.717, 1.165) is 10.9 Å². The van der Waals surface area contributed by atoms with E-state index in [9.17, 15) is 9.59 Å². The molecule has 0 saturated heterocycles. The Morgan fingerprint density at radius 2 is 1.71 bits per heavy atom. The van der Waals surface area contributed by atoms with Gasteiger partial charge in [0, 0.05) is 11.1 Å². The highest BCUT2D eigenvalue weighted by molar-refractivity contribution is 5.95. The smallest absolute Gasteiger partial charge is 0.419 e. The number of rotatable bonds is 4. The van der Waals surface area contributed by atoms with Gasteiger partial charge < -0.3 is 9.84 Å². The highest BCUT2D eigenvalue weighted by Gasteiger charge is 2.20. The first kappa shape index (κ1) is 15.8. The van der Waals surface area contributed by atoms with E-state index in [-0.39, 0.29) is 13.0 Å². The Balaban J connectivity index is 1.95. The molecule has 0 radical (unpaired) electrons. The Hall–Kier alpha value is -3.08. The molecule has 1 aromatic heterocycles. The third kappa shape index (κ3) is 3.01. The number of carbonyl (C=O) groups is 2. The van der Waals surface area contributed by atoms with E-state index < -0.39 is 12.1 Å². The van der Waals surface area contributed by atoms with Gasteiger partial charge in [0.25, 0.3) is 0 Å². The fourth-order valence-corrected chi connectivity index (χ4v) is 2.83. The van der Waals surface area contributed by atoms with Crippen LogP contribution >= 0.6 is 0 Å². The van der Waals surface area contributed by atoms with Gasteiger partial charge >= 0.3 is 12.1 Å². The zero-order valence-electron chi connectivity index (χ0n) is 13.2. The Kier molecular flexibility index (Phi) is 4.33. The Morgan fingerprint density at radius 3 is 2.42 bits per heavy atom. The van der Waals surface area contributed by atoms with Crippen molar-refractivity contribution in [3.8, 4) is 0 Å². The molecule has 0 unspecified atom stereocenters. The van der Waals surface area contributed by atoms with Crippen LogP contribution in [0.3, 0.4) is 0 Å². The van der Waals surface area contributed by atoms with Crippen LogP contribution in [0.2, 0.25) is 0 Å². The Bertz CT molecular complexity index is 896. The van der Waals surface area contributed by atoms with E-state index in [1.165, 1.54) is 4.57 Å². The van der Waals surface area contributed by atoms with Crippen LogP contribution in [0.5, 0.6) is 0 Å². The largest absolute Gasteiger partial charge is 0.481 e. The molecule has 3 aromatic rings. The van der Waals surface area contributed by atoms with Crippen LogP contribution < -0.4 is 0 Å². The van der Waals surface area contributed by atoms with Crippen LogP contribution in [-0.2, 0) is 22.6 Å². The van der Waals surface area contributed by atoms with Crippen molar-refractivity contribution >= 4 is 23.0 Å². The molecule has 5 nitrogen and oxygen atoms in total. The van der Waals surface area contributed by atoms with Crippen molar-refractivity contribution in [2.24, 2.45) is 0 Å². The summed E-state index contributed by atoms with van der Waals surface area (Å²) < 4.78 is 6.84. The van der Waals surface area contributed by atoms with Gasteiger partial charge in [-0.25, -0.2) is 9.36 Å². The van der Waals surface area contributed by atoms with Gasteiger partial charge in [0.1, 0.15) is 6.61 Å². The van der Waals surface area contributed by atoms with Gasteiger partial charge in [0.2, 0.25) is 0 Å². The van der Waals surface area contributed by atoms with Crippen molar-refractivity contribution in [3.63, 3.8) is 0 Å². The minimum Gasteiger partial charge on any atom is -0.481 e. The monoisotopic (exact) mass is 323 g/mol. The summed E-state index contributed by atoms with van der Waals surface area (Å²) in [5.74, 6) is -0.932. The number of benzene rings is 2. The number of hydrogen-bond donors (Lipinski definition) is 1. The molecule has 0 fully saturated rings. The second-order valence-corrected chi connectivity index (χ2v) is 5.53. The van der Waals surface area contributed by atoms with E-state index in [1.807, 2.05) is 48.5 Å². The van der Waals surface area contributed by atoms with Crippen molar-refractivity contribution in [3.05, 3.63) is 71.4 Å². The first-order chi connectivity index (χ1) is 11.6. The first-order valence-corrected chi connectivity index (χ1v) is 7.59. The number of aromatic nitrogens is 1. The van der Waals surface area contributed by atoms with Crippen LogP contribution in [0, 0.1) is 6.92 Å². The van der Waals surface area contributed by atoms with E-state index in [1.54, 1.807) is 13.0 Å². The molecule has 1 heterocycles. The fraction of sp³-hybridized carbons (Fsp3) is 0.158. The SMILES string of the molecule is Cc1c(CC(=O)O)c2ccccc2n1C(=O)OCc1ccccc1. The molecule has 5 heteroatoms. The molecule has 24 heavy (non-hydrogen) atoms. The molecule has 0 aliphatic carbocycles. The molecule has 122 valence electrons. The minimum absolute atomic E-state index is 0.134. The summed E-state index contributed by atoms with van der Waals surface area (Å²) in [5.41, 5.74) is 2.78. The van der Waals surface area contributed by atoms with Gasteiger partial charge in [0.05, 0.1) is 11.9 Å².